The van der Waals surface area contributed by atoms with Crippen LogP contribution in [-0.4, -0.2) is 35.8 Å². The van der Waals surface area contributed by atoms with Gasteiger partial charge in [-0.3, -0.25) is 9.59 Å². The number of furan rings is 1. The predicted molar refractivity (Wildman–Crippen MR) is 96.9 cm³/mol. The molecule has 1 aliphatic heterocycles. The number of likely N-dealkylation sites (tertiary alicyclic amines) is 1. The van der Waals surface area contributed by atoms with E-state index < -0.39 is 0 Å². The van der Waals surface area contributed by atoms with Crippen molar-refractivity contribution in [1.29, 1.82) is 0 Å². The van der Waals surface area contributed by atoms with Gasteiger partial charge in [-0.2, -0.15) is 0 Å². The molecule has 0 unspecified atom stereocenters. The standard InChI is InChI=1S/C19H18N2O3S/c22-18(17-11-13-3-1-2-4-16(13)25-17)20-15-5-8-21(9-6-15)19(23)14-7-10-24-12-14/h1-4,7,10-12,15H,5-6,8-9H2,(H,20,22). The van der Waals surface area contributed by atoms with Crippen LogP contribution in [0.15, 0.2) is 53.3 Å². The average Bonchev–Trinajstić information content (AvgIpc) is 3.31. The van der Waals surface area contributed by atoms with E-state index in [0.717, 1.165) is 27.8 Å². The Balaban J connectivity index is 1.35. The SMILES string of the molecule is O=C(NC1CCN(C(=O)c2ccoc2)CC1)c1cc2ccccc2s1. The fourth-order valence-electron chi connectivity index (χ4n) is 3.15. The normalized spacial score (nSPS) is 15.4. The van der Waals surface area contributed by atoms with Gasteiger partial charge in [0, 0.05) is 23.8 Å². The zero-order valence-electron chi connectivity index (χ0n) is 13.6. The summed E-state index contributed by atoms with van der Waals surface area (Å²) in [5, 5.41) is 4.20. The minimum absolute atomic E-state index is 0.0111. The third-order valence-electron chi connectivity index (χ3n) is 4.53. The van der Waals surface area contributed by atoms with Gasteiger partial charge in [-0.1, -0.05) is 18.2 Å². The van der Waals surface area contributed by atoms with Crippen molar-refractivity contribution in [2.45, 2.75) is 18.9 Å². The summed E-state index contributed by atoms with van der Waals surface area (Å²) in [5.41, 5.74) is 0.577. The second-order valence-corrected chi connectivity index (χ2v) is 7.28. The number of hydrogen-bond acceptors (Lipinski definition) is 4. The maximum atomic E-state index is 12.5. The molecule has 5 nitrogen and oxygen atoms in total. The van der Waals surface area contributed by atoms with Gasteiger partial charge in [0.25, 0.3) is 11.8 Å². The first-order valence-electron chi connectivity index (χ1n) is 8.31. The highest BCUT2D eigenvalue weighted by Gasteiger charge is 2.25. The maximum Gasteiger partial charge on any atom is 0.261 e. The first kappa shape index (κ1) is 15.9. The Bertz CT molecular complexity index is 859. The van der Waals surface area contributed by atoms with Crippen LogP contribution in [0, 0.1) is 0 Å². The second kappa shape index (κ2) is 6.72. The molecular weight excluding hydrogens is 336 g/mol. The number of fused-ring (bicyclic) bond motifs is 1. The lowest BCUT2D eigenvalue weighted by Crippen LogP contribution is -2.46. The summed E-state index contributed by atoms with van der Waals surface area (Å²) < 4.78 is 6.09. The number of thiophene rings is 1. The van der Waals surface area contributed by atoms with Crippen LogP contribution in [0.4, 0.5) is 0 Å². The Morgan fingerprint density at radius 2 is 1.96 bits per heavy atom. The molecule has 3 heterocycles. The molecule has 1 saturated heterocycles. The molecule has 2 aromatic heterocycles. The van der Waals surface area contributed by atoms with E-state index in [2.05, 4.69) is 5.32 Å². The summed E-state index contributed by atoms with van der Waals surface area (Å²) in [6, 6.07) is 11.7. The molecule has 0 bridgehead atoms. The van der Waals surface area contributed by atoms with Gasteiger partial charge in [-0.15, -0.1) is 11.3 Å². The average molecular weight is 354 g/mol. The van der Waals surface area contributed by atoms with Crippen molar-refractivity contribution in [3.63, 3.8) is 0 Å². The number of nitrogens with one attached hydrogen (secondary N) is 1. The number of carbonyl (C=O) groups excluding carboxylic acids is 2. The second-order valence-electron chi connectivity index (χ2n) is 6.20. The van der Waals surface area contributed by atoms with Crippen LogP contribution in [0.1, 0.15) is 32.9 Å². The first-order valence-corrected chi connectivity index (χ1v) is 9.13. The molecular formula is C19H18N2O3S. The smallest absolute Gasteiger partial charge is 0.261 e. The van der Waals surface area contributed by atoms with Crippen molar-refractivity contribution in [2.75, 3.05) is 13.1 Å². The highest BCUT2D eigenvalue weighted by atomic mass is 32.1. The summed E-state index contributed by atoms with van der Waals surface area (Å²) in [6.45, 7) is 1.28. The van der Waals surface area contributed by atoms with Crippen molar-refractivity contribution >= 4 is 33.2 Å². The molecule has 6 heteroatoms. The van der Waals surface area contributed by atoms with Gasteiger partial charge >= 0.3 is 0 Å². The molecule has 25 heavy (non-hydrogen) atoms. The number of hydrogen-bond donors (Lipinski definition) is 1. The van der Waals surface area contributed by atoms with Crippen molar-refractivity contribution in [3.8, 4) is 0 Å². The van der Waals surface area contributed by atoms with Gasteiger partial charge in [0.05, 0.1) is 16.7 Å². The highest BCUT2D eigenvalue weighted by molar-refractivity contribution is 7.20. The third kappa shape index (κ3) is 3.30. The van der Waals surface area contributed by atoms with E-state index in [1.807, 2.05) is 35.2 Å². The highest BCUT2D eigenvalue weighted by Crippen LogP contribution is 2.25. The minimum atomic E-state index is -0.0270. The van der Waals surface area contributed by atoms with Crippen LogP contribution in [0.3, 0.4) is 0 Å². The van der Waals surface area contributed by atoms with E-state index in [1.165, 1.54) is 23.9 Å². The monoisotopic (exact) mass is 354 g/mol. The Labute approximate surface area is 149 Å². The molecule has 128 valence electrons. The van der Waals surface area contributed by atoms with E-state index in [1.54, 1.807) is 6.07 Å². The largest absolute Gasteiger partial charge is 0.472 e. The Kier molecular flexibility index (Phi) is 4.28. The Morgan fingerprint density at radius 3 is 2.68 bits per heavy atom. The molecule has 0 radical (unpaired) electrons. The number of nitrogens with zero attached hydrogens (tertiary/aromatic N) is 1. The fraction of sp³-hybridized carbons (Fsp3) is 0.263. The number of piperidine rings is 1. The molecule has 1 aliphatic rings. The summed E-state index contributed by atoms with van der Waals surface area (Å²) in [6.07, 6.45) is 4.50. The van der Waals surface area contributed by atoms with E-state index >= 15 is 0 Å². The molecule has 4 rings (SSSR count). The van der Waals surface area contributed by atoms with Gasteiger partial charge in [0.15, 0.2) is 0 Å². The molecule has 0 saturated carbocycles. The molecule has 0 atom stereocenters. The van der Waals surface area contributed by atoms with E-state index in [9.17, 15) is 9.59 Å². The summed E-state index contributed by atoms with van der Waals surface area (Å²) in [7, 11) is 0. The van der Waals surface area contributed by atoms with Crippen molar-refractivity contribution in [1.82, 2.24) is 10.2 Å². The molecule has 1 N–H and O–H groups in total. The molecule has 1 aromatic carbocycles. The lowest BCUT2D eigenvalue weighted by Gasteiger charge is -2.32. The van der Waals surface area contributed by atoms with Crippen LogP contribution in [0.5, 0.6) is 0 Å². The molecule has 0 spiro atoms. The maximum absolute atomic E-state index is 12.5. The van der Waals surface area contributed by atoms with Gasteiger partial charge in [0.1, 0.15) is 6.26 Å². The quantitative estimate of drug-likeness (QED) is 0.783. The van der Waals surface area contributed by atoms with E-state index in [0.29, 0.717) is 18.7 Å². The third-order valence-corrected chi connectivity index (χ3v) is 5.65. The lowest BCUT2D eigenvalue weighted by atomic mass is 10.0. The predicted octanol–water partition coefficient (Wildman–Crippen LogP) is 3.53. The van der Waals surface area contributed by atoms with Gasteiger partial charge < -0.3 is 14.6 Å². The zero-order chi connectivity index (χ0) is 17.2. The molecule has 2 amide bonds. The van der Waals surface area contributed by atoms with Crippen LogP contribution in [-0.2, 0) is 0 Å². The molecule has 0 aliphatic carbocycles. The number of amides is 2. The summed E-state index contributed by atoms with van der Waals surface area (Å²) >= 11 is 1.51. The van der Waals surface area contributed by atoms with Crippen LogP contribution in [0.2, 0.25) is 0 Å². The van der Waals surface area contributed by atoms with Crippen molar-refractivity contribution < 1.29 is 14.0 Å². The molecule has 1 fully saturated rings. The van der Waals surface area contributed by atoms with Crippen LogP contribution in [0.25, 0.3) is 10.1 Å². The van der Waals surface area contributed by atoms with Crippen molar-refractivity contribution in [2.24, 2.45) is 0 Å². The van der Waals surface area contributed by atoms with Crippen LogP contribution < -0.4 is 5.32 Å². The van der Waals surface area contributed by atoms with Gasteiger partial charge in [0.2, 0.25) is 0 Å². The van der Waals surface area contributed by atoms with E-state index in [4.69, 9.17) is 4.42 Å². The lowest BCUT2D eigenvalue weighted by molar-refractivity contribution is 0.0697. The van der Waals surface area contributed by atoms with Gasteiger partial charge in [-0.25, -0.2) is 0 Å². The molecule has 3 aromatic rings. The number of benzene rings is 1. The van der Waals surface area contributed by atoms with Gasteiger partial charge in [-0.05, 0) is 36.4 Å². The van der Waals surface area contributed by atoms with E-state index in [-0.39, 0.29) is 17.9 Å². The number of carbonyl (C=O) groups is 2. The summed E-state index contributed by atoms with van der Waals surface area (Å²) in [4.78, 5) is 27.3. The Hall–Kier alpha value is -2.60. The number of rotatable bonds is 3. The zero-order valence-corrected chi connectivity index (χ0v) is 14.4. The Morgan fingerprint density at radius 1 is 1.16 bits per heavy atom. The van der Waals surface area contributed by atoms with Crippen molar-refractivity contribution in [3.05, 3.63) is 59.4 Å². The van der Waals surface area contributed by atoms with Crippen LogP contribution >= 0.6 is 11.3 Å². The summed E-state index contributed by atoms with van der Waals surface area (Å²) in [5.74, 6) is -0.0381. The fourth-order valence-corrected chi connectivity index (χ4v) is 4.11. The topological polar surface area (TPSA) is 62.6 Å². The first-order chi connectivity index (χ1) is 12.2. The minimum Gasteiger partial charge on any atom is -0.472 e.